The fourth-order valence-corrected chi connectivity index (χ4v) is 2.40. The summed E-state index contributed by atoms with van der Waals surface area (Å²) in [5.41, 5.74) is 1.16. The number of nitrogens with one attached hydrogen (secondary N) is 2. The minimum absolute atomic E-state index is 0.249. The van der Waals surface area contributed by atoms with Crippen LogP contribution >= 0.6 is 23.2 Å². The van der Waals surface area contributed by atoms with Crippen molar-refractivity contribution in [1.82, 2.24) is 0 Å². The minimum atomic E-state index is -0.517. The van der Waals surface area contributed by atoms with E-state index in [1.807, 2.05) is 0 Å². The van der Waals surface area contributed by atoms with Gasteiger partial charge in [0.15, 0.2) is 0 Å². The Hall–Kier alpha value is -2.11. The topological polar surface area (TPSA) is 59.6 Å². The summed E-state index contributed by atoms with van der Waals surface area (Å²) in [4.78, 5) is 12.4. The van der Waals surface area contributed by atoms with Crippen LogP contribution in [0.3, 0.4) is 0 Å². The Labute approximate surface area is 150 Å². The number of ether oxygens (including phenoxy) is 2. The van der Waals surface area contributed by atoms with E-state index in [0.717, 1.165) is 0 Å². The first-order valence-corrected chi connectivity index (χ1v) is 7.94. The monoisotopic (exact) mass is 368 g/mol. The molecule has 0 fully saturated rings. The van der Waals surface area contributed by atoms with Gasteiger partial charge in [0.2, 0.25) is 5.91 Å². The molecule has 128 valence electrons. The van der Waals surface area contributed by atoms with Crippen LogP contribution in [0.15, 0.2) is 36.4 Å². The van der Waals surface area contributed by atoms with E-state index in [9.17, 15) is 4.79 Å². The molecule has 0 saturated heterocycles. The molecule has 1 atom stereocenters. The Bertz CT molecular complexity index is 716. The van der Waals surface area contributed by atoms with Crippen LogP contribution in [-0.4, -0.2) is 26.2 Å². The van der Waals surface area contributed by atoms with Gasteiger partial charge in [0.1, 0.15) is 17.5 Å². The SMILES string of the molecule is COc1cc(N[C@H](C)C(=O)Nc2cccc(Cl)c2Cl)cc(OC)c1. The maximum absolute atomic E-state index is 12.4. The predicted molar refractivity (Wildman–Crippen MR) is 97.7 cm³/mol. The van der Waals surface area contributed by atoms with Crippen molar-refractivity contribution in [3.8, 4) is 11.5 Å². The van der Waals surface area contributed by atoms with Gasteiger partial charge in [-0.25, -0.2) is 0 Å². The first kappa shape index (κ1) is 18.2. The lowest BCUT2D eigenvalue weighted by Crippen LogP contribution is -2.32. The summed E-state index contributed by atoms with van der Waals surface area (Å²) in [6, 6.07) is 9.85. The zero-order chi connectivity index (χ0) is 17.7. The Kier molecular flexibility index (Phi) is 6.17. The molecule has 0 bridgehead atoms. The van der Waals surface area contributed by atoms with Crippen LogP contribution in [0.2, 0.25) is 10.0 Å². The maximum Gasteiger partial charge on any atom is 0.246 e. The molecule has 0 aliphatic heterocycles. The van der Waals surface area contributed by atoms with Gasteiger partial charge in [-0.15, -0.1) is 0 Å². The van der Waals surface area contributed by atoms with Gasteiger partial charge in [-0.3, -0.25) is 4.79 Å². The molecule has 2 N–H and O–H groups in total. The van der Waals surface area contributed by atoms with E-state index in [-0.39, 0.29) is 5.91 Å². The fraction of sp³-hybridized carbons (Fsp3) is 0.235. The average molecular weight is 369 g/mol. The van der Waals surface area contributed by atoms with E-state index in [2.05, 4.69) is 10.6 Å². The summed E-state index contributed by atoms with van der Waals surface area (Å²) in [6.07, 6.45) is 0. The first-order chi connectivity index (χ1) is 11.4. The summed E-state index contributed by atoms with van der Waals surface area (Å²) in [5.74, 6) is 1.01. The van der Waals surface area contributed by atoms with Crippen LogP contribution in [0.25, 0.3) is 0 Å². The number of hydrogen-bond acceptors (Lipinski definition) is 4. The standard InChI is InChI=1S/C17H18Cl2N2O3/c1-10(17(22)21-15-6-4-5-14(18)16(15)19)20-11-7-12(23-2)9-13(8-11)24-3/h4-10,20H,1-3H3,(H,21,22)/t10-/m1/s1. The molecular formula is C17H18Cl2N2O3. The Morgan fingerprint density at radius 3 is 2.29 bits per heavy atom. The van der Waals surface area contributed by atoms with E-state index in [4.69, 9.17) is 32.7 Å². The number of rotatable bonds is 6. The van der Waals surface area contributed by atoms with E-state index < -0.39 is 6.04 Å². The molecule has 5 nitrogen and oxygen atoms in total. The highest BCUT2D eigenvalue weighted by Crippen LogP contribution is 2.30. The van der Waals surface area contributed by atoms with E-state index >= 15 is 0 Å². The molecule has 0 spiro atoms. The van der Waals surface area contributed by atoms with Crippen LogP contribution in [0.4, 0.5) is 11.4 Å². The second-order valence-corrected chi connectivity index (χ2v) is 5.84. The van der Waals surface area contributed by atoms with Gasteiger partial charge in [-0.1, -0.05) is 29.3 Å². The number of methoxy groups -OCH3 is 2. The molecule has 0 aromatic heterocycles. The summed E-state index contributed by atoms with van der Waals surface area (Å²) in [6.45, 7) is 1.74. The van der Waals surface area contributed by atoms with E-state index in [1.54, 1.807) is 57.5 Å². The lowest BCUT2D eigenvalue weighted by molar-refractivity contribution is -0.116. The summed E-state index contributed by atoms with van der Waals surface area (Å²) >= 11 is 12.0. The smallest absolute Gasteiger partial charge is 0.246 e. The molecule has 24 heavy (non-hydrogen) atoms. The number of amides is 1. The summed E-state index contributed by atoms with van der Waals surface area (Å²) in [5, 5.41) is 6.54. The largest absolute Gasteiger partial charge is 0.497 e. The van der Waals surface area contributed by atoms with Gasteiger partial charge in [0.05, 0.1) is 30.0 Å². The fourth-order valence-electron chi connectivity index (χ4n) is 2.05. The molecular weight excluding hydrogens is 351 g/mol. The molecule has 2 aromatic carbocycles. The number of anilines is 2. The van der Waals surface area contributed by atoms with Gasteiger partial charge >= 0.3 is 0 Å². The van der Waals surface area contributed by atoms with Crippen molar-refractivity contribution in [3.63, 3.8) is 0 Å². The van der Waals surface area contributed by atoms with Gasteiger partial charge in [0, 0.05) is 23.9 Å². The van der Waals surface area contributed by atoms with Crippen molar-refractivity contribution in [2.45, 2.75) is 13.0 Å². The van der Waals surface area contributed by atoms with Crippen LogP contribution in [-0.2, 0) is 4.79 Å². The Morgan fingerprint density at radius 1 is 1.08 bits per heavy atom. The van der Waals surface area contributed by atoms with Crippen molar-refractivity contribution in [1.29, 1.82) is 0 Å². The highest BCUT2D eigenvalue weighted by atomic mass is 35.5. The normalized spacial score (nSPS) is 11.5. The molecule has 7 heteroatoms. The van der Waals surface area contributed by atoms with Crippen LogP contribution < -0.4 is 20.1 Å². The quantitative estimate of drug-likeness (QED) is 0.790. The van der Waals surface area contributed by atoms with Crippen molar-refractivity contribution >= 4 is 40.5 Å². The third-order valence-electron chi connectivity index (χ3n) is 3.34. The Balaban J connectivity index is 2.10. The molecule has 1 amide bonds. The highest BCUT2D eigenvalue weighted by molar-refractivity contribution is 6.44. The zero-order valence-corrected chi connectivity index (χ0v) is 15.0. The van der Waals surface area contributed by atoms with Crippen molar-refractivity contribution in [2.24, 2.45) is 0 Å². The molecule has 0 heterocycles. The molecule has 2 rings (SSSR count). The Morgan fingerprint density at radius 2 is 1.71 bits per heavy atom. The second-order valence-electron chi connectivity index (χ2n) is 5.06. The molecule has 0 aliphatic carbocycles. The zero-order valence-electron chi connectivity index (χ0n) is 13.5. The third-order valence-corrected chi connectivity index (χ3v) is 4.16. The molecule has 0 saturated carbocycles. The van der Waals surface area contributed by atoms with Gasteiger partial charge < -0.3 is 20.1 Å². The molecule has 0 aliphatic rings. The summed E-state index contributed by atoms with van der Waals surface area (Å²) < 4.78 is 10.4. The number of hydrogen-bond donors (Lipinski definition) is 2. The van der Waals surface area contributed by atoms with Crippen LogP contribution in [0, 0.1) is 0 Å². The van der Waals surface area contributed by atoms with Crippen molar-refractivity contribution in [2.75, 3.05) is 24.9 Å². The highest BCUT2D eigenvalue weighted by Gasteiger charge is 2.16. The van der Waals surface area contributed by atoms with Crippen molar-refractivity contribution in [3.05, 3.63) is 46.4 Å². The van der Waals surface area contributed by atoms with Crippen molar-refractivity contribution < 1.29 is 14.3 Å². The predicted octanol–water partition coefficient (Wildman–Crippen LogP) is 4.45. The molecule has 2 aromatic rings. The first-order valence-electron chi connectivity index (χ1n) is 7.19. The lowest BCUT2D eigenvalue weighted by atomic mass is 10.2. The lowest BCUT2D eigenvalue weighted by Gasteiger charge is -2.17. The third kappa shape index (κ3) is 4.46. The maximum atomic E-state index is 12.4. The van der Waals surface area contributed by atoms with Crippen LogP contribution in [0.5, 0.6) is 11.5 Å². The number of halogens is 2. The van der Waals surface area contributed by atoms with Gasteiger partial charge in [0.25, 0.3) is 0 Å². The average Bonchev–Trinajstić information content (AvgIpc) is 2.58. The second kappa shape index (κ2) is 8.13. The summed E-state index contributed by atoms with van der Waals surface area (Å²) in [7, 11) is 3.13. The van der Waals surface area contributed by atoms with Gasteiger partial charge in [-0.05, 0) is 19.1 Å². The number of benzene rings is 2. The van der Waals surface area contributed by atoms with E-state index in [1.165, 1.54) is 0 Å². The molecule has 0 unspecified atom stereocenters. The van der Waals surface area contributed by atoms with Gasteiger partial charge in [-0.2, -0.15) is 0 Å². The number of carbonyl (C=O) groups excluding carboxylic acids is 1. The molecule has 0 radical (unpaired) electrons. The minimum Gasteiger partial charge on any atom is -0.497 e. The number of carbonyl (C=O) groups is 1. The van der Waals surface area contributed by atoms with Crippen LogP contribution in [0.1, 0.15) is 6.92 Å². The van der Waals surface area contributed by atoms with E-state index in [0.29, 0.717) is 32.9 Å².